The van der Waals surface area contributed by atoms with Gasteiger partial charge < -0.3 is 31.0 Å². The van der Waals surface area contributed by atoms with Gasteiger partial charge in [0, 0.05) is 32.7 Å². The fraction of sp³-hybridized carbons (Fsp3) is 0.444. The number of guanidine groups is 1. The number of phenols is 1. The smallest absolute Gasteiger partial charge is 0.254 e. The Morgan fingerprint density at radius 3 is 2.68 bits per heavy atom. The number of amides is 1. The lowest BCUT2D eigenvalue weighted by atomic mass is 9.96. The Morgan fingerprint density at radius 1 is 1.21 bits per heavy atom. The Kier molecular flexibility index (Phi) is 9.49. The summed E-state index contributed by atoms with van der Waals surface area (Å²) in [6.45, 7) is 3.61. The molecule has 2 aliphatic heterocycles. The fourth-order valence-electron chi connectivity index (χ4n) is 4.91. The van der Waals surface area contributed by atoms with Gasteiger partial charge in [0.25, 0.3) is 5.91 Å². The van der Waals surface area contributed by atoms with Crippen molar-refractivity contribution in [3.63, 3.8) is 0 Å². The Bertz CT molecular complexity index is 1200. The van der Waals surface area contributed by atoms with Crippen LogP contribution in [0.15, 0.2) is 35.3 Å². The molecule has 204 valence electrons. The summed E-state index contributed by atoms with van der Waals surface area (Å²) in [5.74, 6) is -0.0464. The van der Waals surface area contributed by atoms with Gasteiger partial charge in [0.1, 0.15) is 18.1 Å². The number of aliphatic hydroxyl groups is 1. The van der Waals surface area contributed by atoms with E-state index in [9.17, 15) is 19.8 Å². The monoisotopic (exact) mass is 561 g/mol. The molecule has 38 heavy (non-hydrogen) atoms. The Balaban J connectivity index is 1.38. The van der Waals surface area contributed by atoms with Crippen molar-refractivity contribution in [3.8, 4) is 5.75 Å². The highest BCUT2D eigenvalue weighted by Crippen LogP contribution is 2.35. The molecular formula is C27H33Cl2N5O4. The van der Waals surface area contributed by atoms with E-state index < -0.39 is 18.1 Å². The van der Waals surface area contributed by atoms with Gasteiger partial charge in [-0.3, -0.25) is 14.7 Å². The van der Waals surface area contributed by atoms with Crippen molar-refractivity contribution >= 4 is 41.4 Å². The number of halogens is 2. The predicted molar refractivity (Wildman–Crippen MR) is 148 cm³/mol. The average Bonchev–Trinajstić information content (AvgIpc) is 3.44. The van der Waals surface area contributed by atoms with Crippen molar-refractivity contribution in [1.29, 1.82) is 0 Å². The molecule has 1 fully saturated rings. The van der Waals surface area contributed by atoms with Crippen molar-refractivity contribution in [2.24, 2.45) is 10.7 Å². The van der Waals surface area contributed by atoms with Gasteiger partial charge in [0.15, 0.2) is 5.96 Å². The summed E-state index contributed by atoms with van der Waals surface area (Å²) in [5, 5.41) is 23.3. The first-order chi connectivity index (χ1) is 18.3. The number of aromatic hydroxyl groups is 1. The number of carbonyl (C=O) groups excluding carboxylic acids is 2. The van der Waals surface area contributed by atoms with Gasteiger partial charge in [-0.15, -0.1) is 0 Å². The largest absolute Gasteiger partial charge is 0.508 e. The van der Waals surface area contributed by atoms with Crippen LogP contribution in [0.25, 0.3) is 0 Å². The number of rotatable bonds is 9. The second kappa shape index (κ2) is 12.8. The summed E-state index contributed by atoms with van der Waals surface area (Å²) in [4.78, 5) is 33.1. The molecule has 2 aromatic carbocycles. The molecule has 2 aromatic rings. The molecule has 2 aliphatic rings. The minimum absolute atomic E-state index is 0.0289. The molecule has 11 heteroatoms. The quantitative estimate of drug-likeness (QED) is 0.210. The molecule has 1 saturated heterocycles. The number of hydrogen-bond acceptors (Lipinski definition) is 6. The zero-order valence-electron chi connectivity index (χ0n) is 21.1. The third-order valence-electron chi connectivity index (χ3n) is 7.05. The molecule has 1 unspecified atom stereocenters. The first-order valence-corrected chi connectivity index (χ1v) is 13.5. The number of aldehydes is 1. The molecule has 1 amide bonds. The highest BCUT2D eigenvalue weighted by atomic mass is 35.5. The van der Waals surface area contributed by atoms with Crippen LogP contribution in [0, 0.1) is 0 Å². The third-order valence-corrected chi connectivity index (χ3v) is 7.76. The van der Waals surface area contributed by atoms with Crippen LogP contribution in [0.3, 0.4) is 0 Å². The number of nitrogens with one attached hydrogen (secondary N) is 1. The van der Waals surface area contributed by atoms with Crippen molar-refractivity contribution in [2.45, 2.75) is 44.4 Å². The zero-order valence-corrected chi connectivity index (χ0v) is 22.6. The summed E-state index contributed by atoms with van der Waals surface area (Å²) in [6.07, 6.45) is 3.15. The third kappa shape index (κ3) is 6.77. The van der Waals surface area contributed by atoms with Crippen molar-refractivity contribution < 1.29 is 19.8 Å². The molecule has 9 nitrogen and oxygen atoms in total. The van der Waals surface area contributed by atoms with E-state index in [4.69, 9.17) is 28.9 Å². The lowest BCUT2D eigenvalue weighted by Crippen LogP contribution is -2.41. The van der Waals surface area contributed by atoms with E-state index in [2.05, 4.69) is 15.2 Å². The molecule has 0 saturated carbocycles. The fourth-order valence-corrected chi connectivity index (χ4v) is 5.68. The molecule has 0 radical (unpaired) electrons. The zero-order chi connectivity index (χ0) is 27.2. The van der Waals surface area contributed by atoms with Gasteiger partial charge in [-0.25, -0.2) is 0 Å². The molecule has 4 rings (SSSR count). The molecule has 0 spiro atoms. The highest BCUT2D eigenvalue weighted by Gasteiger charge is 2.27. The number of aliphatic imine (C=N–C) groups is 1. The van der Waals surface area contributed by atoms with E-state index in [1.165, 1.54) is 0 Å². The van der Waals surface area contributed by atoms with Gasteiger partial charge in [-0.2, -0.15) is 0 Å². The number of nitrogens with zero attached hydrogens (tertiary/aromatic N) is 3. The van der Waals surface area contributed by atoms with Gasteiger partial charge >= 0.3 is 0 Å². The topological polar surface area (TPSA) is 131 Å². The first-order valence-electron chi connectivity index (χ1n) is 12.8. The molecule has 0 bridgehead atoms. The summed E-state index contributed by atoms with van der Waals surface area (Å²) < 4.78 is 0. The summed E-state index contributed by atoms with van der Waals surface area (Å²) in [7, 11) is 0. The van der Waals surface area contributed by atoms with Crippen LogP contribution in [-0.4, -0.2) is 76.9 Å². The number of nitrogens with two attached hydrogens (primary N) is 1. The van der Waals surface area contributed by atoms with E-state index >= 15 is 0 Å². The molecule has 2 atom stereocenters. The Hall–Kier alpha value is -2.85. The van der Waals surface area contributed by atoms with E-state index in [0.29, 0.717) is 50.3 Å². The summed E-state index contributed by atoms with van der Waals surface area (Å²) in [5.41, 5.74) is 8.59. The van der Waals surface area contributed by atoms with Gasteiger partial charge in [-0.1, -0.05) is 35.3 Å². The standard InChI is InChI=1S/C27H33Cl2N5O4/c28-22-13-18-15-33(11-7-23(37)17-4-3-5-20(36)12-17)10-6-21(18)25(29)24(22)26(38)32-19(16-35)14-31-27(30)34-8-1-2-9-34/h3-5,12-13,16,19,23,36-37H,1-2,6-11,14-15H2,(H2,30,31)(H,32,38)/t19-,23?/m0/s1. The van der Waals surface area contributed by atoms with Crippen LogP contribution in [0.4, 0.5) is 0 Å². The van der Waals surface area contributed by atoms with Crippen LogP contribution in [0.5, 0.6) is 5.75 Å². The summed E-state index contributed by atoms with van der Waals surface area (Å²) in [6, 6.07) is 7.50. The second-order valence-corrected chi connectivity index (χ2v) is 10.5. The predicted octanol–water partition coefficient (Wildman–Crippen LogP) is 2.89. The molecular weight excluding hydrogens is 529 g/mol. The van der Waals surface area contributed by atoms with Crippen molar-refractivity contribution in [2.75, 3.05) is 32.7 Å². The van der Waals surface area contributed by atoms with E-state index in [-0.39, 0.29) is 27.9 Å². The maximum atomic E-state index is 13.1. The van der Waals surface area contributed by atoms with Gasteiger partial charge in [-0.05, 0) is 60.6 Å². The van der Waals surface area contributed by atoms with Gasteiger partial charge in [0.05, 0.1) is 28.3 Å². The SMILES string of the molecule is NC(=NC[C@@H](C=O)NC(=O)c1c(Cl)cc2c(c1Cl)CCN(CCC(O)c1cccc(O)c1)C2)N1CCCC1. The van der Waals surface area contributed by atoms with Crippen molar-refractivity contribution in [1.82, 2.24) is 15.1 Å². The van der Waals surface area contributed by atoms with E-state index in [1.54, 1.807) is 30.3 Å². The molecule has 0 aliphatic carbocycles. The van der Waals surface area contributed by atoms with Crippen LogP contribution >= 0.6 is 23.2 Å². The molecule has 0 aromatic heterocycles. The van der Waals surface area contributed by atoms with Gasteiger partial charge in [0.2, 0.25) is 0 Å². The number of aliphatic hydroxyl groups excluding tert-OH is 1. The highest BCUT2D eigenvalue weighted by molar-refractivity contribution is 6.40. The lowest BCUT2D eigenvalue weighted by Gasteiger charge is -2.31. The molecule has 5 N–H and O–H groups in total. The number of fused-ring (bicyclic) bond motifs is 1. The minimum Gasteiger partial charge on any atom is -0.508 e. The summed E-state index contributed by atoms with van der Waals surface area (Å²) >= 11 is 13.2. The Morgan fingerprint density at radius 2 is 1.97 bits per heavy atom. The normalized spacial score (nSPS) is 17.7. The Labute approximate surface area is 232 Å². The van der Waals surface area contributed by atoms with Crippen LogP contribution in [0.2, 0.25) is 10.0 Å². The van der Waals surface area contributed by atoms with E-state index in [1.807, 2.05) is 4.90 Å². The maximum Gasteiger partial charge on any atom is 0.254 e. The number of benzene rings is 2. The number of phenolic OH excluding ortho intramolecular Hbond substituents is 1. The van der Waals surface area contributed by atoms with Crippen molar-refractivity contribution in [3.05, 3.63) is 62.6 Å². The number of hydrogen-bond donors (Lipinski definition) is 4. The van der Waals surface area contributed by atoms with E-state index in [0.717, 1.165) is 37.1 Å². The van der Waals surface area contributed by atoms with Crippen LogP contribution in [0.1, 0.15) is 52.4 Å². The second-order valence-electron chi connectivity index (χ2n) is 9.72. The number of likely N-dealkylation sites (tertiary alicyclic amines) is 1. The minimum atomic E-state index is -0.861. The van der Waals surface area contributed by atoms with Crippen LogP contribution in [-0.2, 0) is 17.8 Å². The number of carbonyl (C=O) groups is 2. The average molecular weight is 562 g/mol. The maximum absolute atomic E-state index is 13.1. The first kappa shape index (κ1) is 28.2. The van der Waals surface area contributed by atoms with Crippen LogP contribution < -0.4 is 11.1 Å². The molecule has 2 heterocycles. The lowest BCUT2D eigenvalue weighted by molar-refractivity contribution is -0.109.